The Morgan fingerprint density at radius 3 is 2.80 bits per heavy atom. The Kier molecular flexibility index (Phi) is 5.84. The molecule has 0 spiro atoms. The van der Waals surface area contributed by atoms with Crippen LogP contribution in [0.1, 0.15) is 35.2 Å². The molecular weight excluding hydrogens is 314 g/mol. The average molecular weight is 339 g/mol. The smallest absolute Gasteiger partial charge is 0.159 e. The number of β-amino-alcohol motifs (C(OH)–C–C–N with tert-alkyl or cyclic N) is 1. The van der Waals surface area contributed by atoms with E-state index in [1.54, 1.807) is 24.3 Å². The lowest BCUT2D eigenvalue weighted by Crippen LogP contribution is -2.34. The van der Waals surface area contributed by atoms with Gasteiger partial charge >= 0.3 is 0 Å². The van der Waals surface area contributed by atoms with E-state index in [4.69, 9.17) is 4.74 Å². The Morgan fingerprint density at radius 2 is 2.04 bits per heavy atom. The van der Waals surface area contributed by atoms with Gasteiger partial charge in [0.05, 0.1) is 0 Å². The lowest BCUT2D eigenvalue weighted by Gasteiger charge is -2.20. The molecule has 0 radical (unpaired) electrons. The van der Waals surface area contributed by atoms with Crippen molar-refractivity contribution in [2.75, 3.05) is 26.2 Å². The Hall–Kier alpha value is -2.17. The molecule has 0 bridgehead atoms. The van der Waals surface area contributed by atoms with E-state index in [-0.39, 0.29) is 12.4 Å². The van der Waals surface area contributed by atoms with Crippen LogP contribution in [0.3, 0.4) is 0 Å². The summed E-state index contributed by atoms with van der Waals surface area (Å²) in [6.07, 6.45) is 0.577. The van der Waals surface area contributed by atoms with Crippen molar-refractivity contribution < 1.29 is 14.6 Å². The Bertz CT molecular complexity index is 701. The van der Waals surface area contributed by atoms with Crippen LogP contribution in [0.15, 0.2) is 54.6 Å². The first-order chi connectivity index (χ1) is 12.1. The maximum atomic E-state index is 11.4. The summed E-state index contributed by atoms with van der Waals surface area (Å²) < 4.78 is 5.65. The minimum atomic E-state index is -0.546. The second-order valence-corrected chi connectivity index (χ2v) is 6.70. The van der Waals surface area contributed by atoms with Gasteiger partial charge in [-0.1, -0.05) is 42.5 Å². The van der Waals surface area contributed by atoms with Crippen molar-refractivity contribution in [1.29, 1.82) is 0 Å². The fraction of sp³-hybridized carbons (Fsp3) is 0.381. The summed E-state index contributed by atoms with van der Waals surface area (Å²) in [5.74, 6) is 1.17. The van der Waals surface area contributed by atoms with Gasteiger partial charge < -0.3 is 14.7 Å². The number of nitrogens with zero attached hydrogens (tertiary/aromatic N) is 1. The van der Waals surface area contributed by atoms with Crippen LogP contribution in [0.5, 0.6) is 5.75 Å². The third-order valence-electron chi connectivity index (χ3n) is 4.70. The Labute approximate surface area is 149 Å². The molecule has 1 N–H and O–H groups in total. The molecule has 1 aliphatic heterocycles. The third-order valence-corrected chi connectivity index (χ3v) is 4.70. The predicted molar refractivity (Wildman–Crippen MR) is 98.2 cm³/mol. The molecule has 3 rings (SSSR count). The van der Waals surface area contributed by atoms with Gasteiger partial charge in [-0.15, -0.1) is 0 Å². The molecular formula is C21H25NO3. The number of ether oxygens (including phenoxy) is 1. The average Bonchev–Trinajstić information content (AvgIpc) is 3.09. The highest BCUT2D eigenvalue weighted by atomic mass is 16.5. The van der Waals surface area contributed by atoms with Gasteiger partial charge in [0.2, 0.25) is 0 Å². The second kappa shape index (κ2) is 8.28. The molecule has 2 aromatic carbocycles. The lowest BCUT2D eigenvalue weighted by molar-refractivity contribution is 0.0754. The molecule has 2 aromatic rings. The van der Waals surface area contributed by atoms with E-state index in [0.717, 1.165) is 19.5 Å². The number of Topliss-reactive ketones (excluding diaryl/α,β-unsaturated/α-hetero) is 1. The van der Waals surface area contributed by atoms with Crippen molar-refractivity contribution in [3.05, 3.63) is 65.7 Å². The minimum absolute atomic E-state index is 0.00928. The highest BCUT2D eigenvalue weighted by Gasteiger charge is 2.25. The molecule has 4 nitrogen and oxygen atoms in total. The van der Waals surface area contributed by atoms with Crippen LogP contribution >= 0.6 is 0 Å². The van der Waals surface area contributed by atoms with E-state index in [0.29, 0.717) is 23.8 Å². The van der Waals surface area contributed by atoms with E-state index in [2.05, 4.69) is 29.2 Å². The molecule has 25 heavy (non-hydrogen) atoms. The molecule has 1 heterocycles. The standard InChI is InChI=1S/C21H25NO3/c1-16(23)18-8-5-9-21(12-18)25-15-20(24)14-22-11-10-19(13-22)17-6-3-2-4-7-17/h2-9,12,19-20,24H,10-11,13-15H2,1H3/t19-,20-/m0/s1. The van der Waals surface area contributed by atoms with Crippen LogP contribution in [-0.4, -0.2) is 48.1 Å². The summed E-state index contributed by atoms with van der Waals surface area (Å²) in [6.45, 7) is 4.34. The summed E-state index contributed by atoms with van der Waals surface area (Å²) in [7, 11) is 0. The molecule has 2 atom stereocenters. The van der Waals surface area contributed by atoms with Crippen molar-refractivity contribution >= 4 is 5.78 Å². The summed E-state index contributed by atoms with van der Waals surface area (Å²) in [5, 5.41) is 10.3. The van der Waals surface area contributed by atoms with Crippen molar-refractivity contribution in [3.63, 3.8) is 0 Å². The van der Waals surface area contributed by atoms with Gasteiger partial charge in [-0.3, -0.25) is 4.79 Å². The van der Waals surface area contributed by atoms with Crippen LogP contribution in [0.2, 0.25) is 0 Å². The summed E-state index contributed by atoms with van der Waals surface area (Å²) in [6, 6.07) is 17.6. The monoisotopic (exact) mass is 339 g/mol. The maximum Gasteiger partial charge on any atom is 0.159 e. The number of carbonyl (C=O) groups is 1. The molecule has 132 valence electrons. The number of ketones is 1. The number of hydrogen-bond donors (Lipinski definition) is 1. The van der Waals surface area contributed by atoms with E-state index >= 15 is 0 Å². The van der Waals surface area contributed by atoms with Gasteiger partial charge in [0, 0.05) is 18.7 Å². The zero-order chi connectivity index (χ0) is 17.6. The van der Waals surface area contributed by atoms with Crippen LogP contribution in [0.25, 0.3) is 0 Å². The number of carbonyl (C=O) groups excluding carboxylic acids is 1. The first-order valence-corrected chi connectivity index (χ1v) is 8.81. The Balaban J connectivity index is 1.46. The number of rotatable bonds is 7. The third kappa shape index (κ3) is 4.91. The first-order valence-electron chi connectivity index (χ1n) is 8.81. The van der Waals surface area contributed by atoms with Gasteiger partial charge in [0.15, 0.2) is 5.78 Å². The topological polar surface area (TPSA) is 49.8 Å². The largest absolute Gasteiger partial charge is 0.491 e. The number of aliphatic hydroxyl groups excluding tert-OH is 1. The quantitative estimate of drug-likeness (QED) is 0.788. The molecule has 0 aromatic heterocycles. The summed E-state index contributed by atoms with van der Waals surface area (Å²) >= 11 is 0. The van der Waals surface area contributed by atoms with Crippen molar-refractivity contribution in [1.82, 2.24) is 4.90 Å². The predicted octanol–water partition coefficient (Wildman–Crippen LogP) is 3.12. The van der Waals surface area contributed by atoms with E-state index in [1.165, 1.54) is 12.5 Å². The van der Waals surface area contributed by atoms with Crippen LogP contribution < -0.4 is 4.74 Å². The normalized spacial score (nSPS) is 18.9. The SMILES string of the molecule is CC(=O)c1cccc(OC[C@@H](O)CN2CC[C@H](c3ccccc3)C2)c1. The maximum absolute atomic E-state index is 11.4. The zero-order valence-electron chi connectivity index (χ0n) is 14.6. The molecule has 1 saturated heterocycles. The lowest BCUT2D eigenvalue weighted by atomic mass is 9.99. The number of likely N-dealkylation sites (tertiary alicyclic amines) is 1. The molecule has 1 fully saturated rings. The van der Waals surface area contributed by atoms with Gasteiger partial charge in [-0.05, 0) is 43.5 Å². The van der Waals surface area contributed by atoms with E-state index in [1.807, 2.05) is 6.07 Å². The number of benzene rings is 2. The fourth-order valence-corrected chi connectivity index (χ4v) is 3.34. The highest BCUT2D eigenvalue weighted by Crippen LogP contribution is 2.26. The summed E-state index contributed by atoms with van der Waals surface area (Å²) in [5.41, 5.74) is 1.99. The molecule has 0 unspecified atom stereocenters. The van der Waals surface area contributed by atoms with E-state index < -0.39 is 6.10 Å². The first kappa shape index (κ1) is 17.6. The Morgan fingerprint density at radius 1 is 1.24 bits per heavy atom. The van der Waals surface area contributed by atoms with Gasteiger partial charge in [-0.25, -0.2) is 0 Å². The molecule has 4 heteroatoms. The zero-order valence-corrected chi connectivity index (χ0v) is 14.6. The van der Waals surface area contributed by atoms with Gasteiger partial charge in [-0.2, -0.15) is 0 Å². The van der Waals surface area contributed by atoms with Gasteiger partial charge in [0.1, 0.15) is 18.5 Å². The molecule has 0 aliphatic carbocycles. The number of hydrogen-bond acceptors (Lipinski definition) is 4. The van der Waals surface area contributed by atoms with Crippen molar-refractivity contribution in [2.24, 2.45) is 0 Å². The van der Waals surface area contributed by atoms with Gasteiger partial charge in [0.25, 0.3) is 0 Å². The van der Waals surface area contributed by atoms with Crippen LogP contribution in [-0.2, 0) is 0 Å². The number of aliphatic hydroxyl groups is 1. The van der Waals surface area contributed by atoms with Crippen LogP contribution in [0.4, 0.5) is 0 Å². The van der Waals surface area contributed by atoms with Crippen LogP contribution in [0, 0.1) is 0 Å². The van der Waals surface area contributed by atoms with Crippen molar-refractivity contribution in [2.45, 2.75) is 25.4 Å². The van der Waals surface area contributed by atoms with Crippen molar-refractivity contribution in [3.8, 4) is 5.75 Å². The highest BCUT2D eigenvalue weighted by molar-refractivity contribution is 5.94. The molecule has 1 aliphatic rings. The summed E-state index contributed by atoms with van der Waals surface area (Å²) in [4.78, 5) is 13.7. The molecule has 0 saturated carbocycles. The fourth-order valence-electron chi connectivity index (χ4n) is 3.34. The minimum Gasteiger partial charge on any atom is -0.491 e. The second-order valence-electron chi connectivity index (χ2n) is 6.70. The molecule has 0 amide bonds. The van der Waals surface area contributed by atoms with E-state index in [9.17, 15) is 9.90 Å².